The van der Waals surface area contributed by atoms with Crippen molar-refractivity contribution in [3.05, 3.63) is 11.6 Å². The molecule has 0 aromatic rings. The van der Waals surface area contributed by atoms with Crippen LogP contribution in [0.15, 0.2) is 11.6 Å². The van der Waals surface area contributed by atoms with Gasteiger partial charge in [-0.25, -0.2) is 4.79 Å². The van der Waals surface area contributed by atoms with Gasteiger partial charge in [-0.15, -0.1) is 0 Å². The summed E-state index contributed by atoms with van der Waals surface area (Å²) in [5, 5.41) is 31.7. The van der Waals surface area contributed by atoms with Crippen LogP contribution in [0.25, 0.3) is 0 Å². The molecular formula is C37H66O7. The summed E-state index contributed by atoms with van der Waals surface area (Å²) < 4.78 is 17.7. The zero-order valence-corrected chi connectivity index (χ0v) is 28.1. The van der Waals surface area contributed by atoms with Gasteiger partial charge in [0.1, 0.15) is 6.10 Å². The third kappa shape index (κ3) is 14.2. The minimum absolute atomic E-state index is 0.0403. The SMILES string of the molecule is CCCCCCCCCCCC[C@H](O)[C@H]1CC[C@H]([C@H]2CCC([C@H](O)CCCCCCCC[C@@H](O)CC3=C[C@H](C)OC3=O)O2)O1. The summed E-state index contributed by atoms with van der Waals surface area (Å²) >= 11 is 0. The van der Waals surface area contributed by atoms with E-state index in [4.69, 9.17) is 14.2 Å². The highest BCUT2D eigenvalue weighted by molar-refractivity contribution is 5.90. The fourth-order valence-electron chi connectivity index (χ4n) is 7.28. The lowest BCUT2D eigenvalue weighted by Gasteiger charge is -2.24. The van der Waals surface area contributed by atoms with Gasteiger partial charge >= 0.3 is 5.97 Å². The Labute approximate surface area is 268 Å². The van der Waals surface area contributed by atoms with Crippen molar-refractivity contribution in [2.45, 2.75) is 217 Å². The molecular weight excluding hydrogens is 556 g/mol. The summed E-state index contributed by atoms with van der Waals surface area (Å²) in [5.74, 6) is -0.289. The molecule has 8 atom stereocenters. The Bertz CT molecular complexity index is 801. The van der Waals surface area contributed by atoms with Crippen molar-refractivity contribution >= 4 is 5.97 Å². The second kappa shape index (κ2) is 21.7. The van der Waals surface area contributed by atoms with E-state index >= 15 is 0 Å². The van der Waals surface area contributed by atoms with E-state index < -0.39 is 12.2 Å². The predicted octanol–water partition coefficient (Wildman–Crippen LogP) is 7.86. The maximum Gasteiger partial charge on any atom is 0.334 e. The number of carbonyl (C=O) groups is 1. The molecule has 3 aliphatic heterocycles. The van der Waals surface area contributed by atoms with Crippen LogP contribution >= 0.6 is 0 Å². The summed E-state index contributed by atoms with van der Waals surface area (Å²) in [6, 6.07) is 0. The van der Waals surface area contributed by atoms with Gasteiger partial charge in [0.05, 0.1) is 42.7 Å². The number of unbranched alkanes of at least 4 members (excludes halogenated alkanes) is 14. The first-order valence-corrected chi connectivity index (χ1v) is 18.6. The molecule has 3 N–H and O–H groups in total. The summed E-state index contributed by atoms with van der Waals surface area (Å²) in [6.45, 7) is 4.10. The van der Waals surface area contributed by atoms with Gasteiger partial charge in [-0.1, -0.05) is 110 Å². The topological polar surface area (TPSA) is 105 Å². The zero-order chi connectivity index (χ0) is 31.6. The lowest BCUT2D eigenvalue weighted by Crippen LogP contribution is -2.33. The predicted molar refractivity (Wildman–Crippen MR) is 175 cm³/mol. The number of cyclic esters (lactones) is 1. The van der Waals surface area contributed by atoms with Crippen LogP contribution in [0.1, 0.15) is 168 Å². The minimum Gasteiger partial charge on any atom is -0.455 e. The Morgan fingerprint density at radius 3 is 1.52 bits per heavy atom. The first-order valence-electron chi connectivity index (χ1n) is 18.6. The fourth-order valence-corrected chi connectivity index (χ4v) is 7.28. The van der Waals surface area contributed by atoms with E-state index in [2.05, 4.69) is 6.92 Å². The van der Waals surface area contributed by atoms with Crippen LogP contribution < -0.4 is 0 Å². The van der Waals surface area contributed by atoms with Crippen LogP contribution in [0.2, 0.25) is 0 Å². The molecule has 0 radical (unpaired) electrons. The van der Waals surface area contributed by atoms with E-state index in [-0.39, 0.29) is 42.6 Å². The Kier molecular flexibility index (Phi) is 18.5. The summed E-state index contributed by atoms with van der Waals surface area (Å²) in [4.78, 5) is 11.7. The number of aliphatic hydroxyl groups excluding tert-OH is 3. The molecule has 1 unspecified atom stereocenters. The number of aliphatic hydroxyl groups is 3. The van der Waals surface area contributed by atoms with E-state index in [9.17, 15) is 20.1 Å². The molecule has 3 heterocycles. The van der Waals surface area contributed by atoms with Crippen molar-refractivity contribution in [2.75, 3.05) is 0 Å². The third-order valence-electron chi connectivity index (χ3n) is 10.0. The van der Waals surface area contributed by atoms with Gasteiger partial charge in [-0.2, -0.15) is 0 Å². The van der Waals surface area contributed by atoms with E-state index in [1.165, 1.54) is 57.8 Å². The van der Waals surface area contributed by atoms with Crippen molar-refractivity contribution in [2.24, 2.45) is 0 Å². The molecule has 3 rings (SSSR count). The van der Waals surface area contributed by atoms with Crippen LogP contribution in [0.3, 0.4) is 0 Å². The molecule has 2 fully saturated rings. The van der Waals surface area contributed by atoms with Crippen LogP contribution in [0.4, 0.5) is 0 Å². The molecule has 0 amide bonds. The summed E-state index contributed by atoms with van der Waals surface area (Å²) in [6.07, 6.45) is 26.1. The van der Waals surface area contributed by atoms with E-state index in [1.807, 2.05) is 6.92 Å². The molecule has 2 saturated heterocycles. The Morgan fingerprint density at radius 1 is 0.659 bits per heavy atom. The van der Waals surface area contributed by atoms with Crippen molar-refractivity contribution in [1.82, 2.24) is 0 Å². The minimum atomic E-state index is -0.482. The molecule has 256 valence electrons. The number of hydrogen-bond acceptors (Lipinski definition) is 7. The second-order valence-corrected chi connectivity index (χ2v) is 14.0. The molecule has 0 spiro atoms. The van der Waals surface area contributed by atoms with E-state index in [0.29, 0.717) is 18.4 Å². The highest BCUT2D eigenvalue weighted by Crippen LogP contribution is 2.34. The van der Waals surface area contributed by atoms with Gasteiger partial charge in [-0.3, -0.25) is 0 Å². The molecule has 0 saturated carbocycles. The summed E-state index contributed by atoms with van der Waals surface area (Å²) in [5.41, 5.74) is 0.606. The molecule has 7 nitrogen and oxygen atoms in total. The van der Waals surface area contributed by atoms with Crippen LogP contribution in [-0.2, 0) is 19.0 Å². The van der Waals surface area contributed by atoms with Gasteiger partial charge in [0.25, 0.3) is 0 Å². The quantitative estimate of drug-likeness (QED) is 0.0703. The number of carbonyl (C=O) groups excluding carboxylic acids is 1. The average Bonchev–Trinajstić information content (AvgIpc) is 3.75. The Balaban J connectivity index is 1.14. The van der Waals surface area contributed by atoms with Crippen molar-refractivity contribution in [1.29, 1.82) is 0 Å². The van der Waals surface area contributed by atoms with E-state index in [0.717, 1.165) is 83.5 Å². The molecule has 0 aliphatic carbocycles. The third-order valence-corrected chi connectivity index (χ3v) is 10.0. The average molecular weight is 623 g/mol. The molecule has 0 bridgehead atoms. The van der Waals surface area contributed by atoms with Crippen molar-refractivity contribution in [3.63, 3.8) is 0 Å². The number of hydrogen-bond donors (Lipinski definition) is 3. The van der Waals surface area contributed by atoms with Gasteiger partial charge < -0.3 is 29.5 Å². The first-order chi connectivity index (χ1) is 21.4. The summed E-state index contributed by atoms with van der Waals surface area (Å²) in [7, 11) is 0. The zero-order valence-electron chi connectivity index (χ0n) is 28.1. The molecule has 0 aromatic carbocycles. The van der Waals surface area contributed by atoms with Gasteiger partial charge in [-0.05, 0) is 57.9 Å². The molecule has 44 heavy (non-hydrogen) atoms. The van der Waals surface area contributed by atoms with Crippen LogP contribution in [-0.4, -0.2) is 70.1 Å². The van der Waals surface area contributed by atoms with Crippen LogP contribution in [0, 0.1) is 0 Å². The Morgan fingerprint density at radius 2 is 1.09 bits per heavy atom. The van der Waals surface area contributed by atoms with E-state index in [1.54, 1.807) is 6.08 Å². The number of rotatable bonds is 25. The monoisotopic (exact) mass is 622 g/mol. The maximum atomic E-state index is 11.7. The Hall–Kier alpha value is -0.990. The highest BCUT2D eigenvalue weighted by atomic mass is 16.6. The highest BCUT2D eigenvalue weighted by Gasteiger charge is 2.40. The van der Waals surface area contributed by atoms with Gasteiger partial charge in [0.15, 0.2) is 0 Å². The van der Waals surface area contributed by atoms with Crippen molar-refractivity contribution < 1.29 is 34.3 Å². The molecule has 0 aromatic heterocycles. The first kappa shape index (κ1) is 37.5. The lowest BCUT2D eigenvalue weighted by molar-refractivity contribution is -0.139. The second-order valence-electron chi connectivity index (χ2n) is 14.0. The number of esters is 1. The molecule has 7 heteroatoms. The normalized spacial score (nSPS) is 27.4. The van der Waals surface area contributed by atoms with Gasteiger partial charge in [0, 0.05) is 12.0 Å². The number of ether oxygens (including phenoxy) is 3. The van der Waals surface area contributed by atoms with Gasteiger partial charge in [0.2, 0.25) is 0 Å². The van der Waals surface area contributed by atoms with Crippen molar-refractivity contribution in [3.8, 4) is 0 Å². The smallest absolute Gasteiger partial charge is 0.334 e. The standard InChI is InChI=1S/C37H66O7/c1-3-4-5-6-7-8-9-10-14-17-20-31(39)33-22-24-35(43-33)36-25-23-34(44-36)32(40)21-18-15-12-11-13-16-19-30(38)27-29-26-28(2)42-37(29)41/h26,28,30-36,38-40H,3-25,27H2,1-2H3/t28-,30+,31-,32+,33+,34?,35+,36+/m0/s1. The largest absolute Gasteiger partial charge is 0.455 e. The fraction of sp³-hybridized carbons (Fsp3) is 0.919. The maximum absolute atomic E-state index is 11.7. The molecule has 3 aliphatic rings. The lowest BCUT2D eigenvalue weighted by atomic mass is 10.00. The van der Waals surface area contributed by atoms with Crippen LogP contribution in [0.5, 0.6) is 0 Å².